The Morgan fingerprint density at radius 2 is 1.84 bits per heavy atom. The molecule has 1 atom stereocenters. The third kappa shape index (κ3) is 4.19. The maximum atomic E-state index is 13.7. The van der Waals surface area contributed by atoms with Gasteiger partial charge in [-0.1, -0.05) is 0 Å². The number of nitrogens with two attached hydrogens (primary N) is 1. The van der Waals surface area contributed by atoms with Gasteiger partial charge in [0.1, 0.15) is 11.2 Å². The number of nitrogens with zero attached hydrogens (tertiary/aromatic N) is 6. The van der Waals surface area contributed by atoms with Gasteiger partial charge in [0.2, 0.25) is 0 Å². The van der Waals surface area contributed by atoms with Gasteiger partial charge in [-0.25, -0.2) is 8.78 Å². The normalized spacial score (nSPS) is 24.2. The molecule has 0 radical (unpaired) electrons. The Kier molecular flexibility index (Phi) is 5.58. The Balaban J connectivity index is 1.22. The first-order valence-corrected chi connectivity index (χ1v) is 14.1. The molecule has 0 spiro atoms. The third-order valence-electron chi connectivity index (χ3n) is 9.17. The molecule has 0 unspecified atom stereocenters. The number of hydrogen-bond donors (Lipinski definition) is 2. The zero-order valence-corrected chi connectivity index (χ0v) is 21.9. The van der Waals surface area contributed by atoms with Gasteiger partial charge in [0, 0.05) is 76.0 Å². The smallest absolute Gasteiger partial charge is 0.264 e. The van der Waals surface area contributed by atoms with E-state index in [0.29, 0.717) is 35.8 Å². The molecule has 38 heavy (non-hydrogen) atoms. The highest BCUT2D eigenvalue weighted by Crippen LogP contribution is 2.52. The second-order valence-electron chi connectivity index (χ2n) is 11.9. The third-order valence-corrected chi connectivity index (χ3v) is 9.17. The first kappa shape index (κ1) is 24.1. The van der Waals surface area contributed by atoms with E-state index in [1.165, 1.54) is 25.7 Å². The molecule has 2 saturated carbocycles. The van der Waals surface area contributed by atoms with Gasteiger partial charge in [-0.05, 0) is 50.4 Å². The molecule has 2 aliphatic heterocycles. The molecule has 3 aromatic rings. The second-order valence-corrected chi connectivity index (χ2v) is 11.9. The fourth-order valence-electron chi connectivity index (χ4n) is 6.83. The van der Waals surface area contributed by atoms with Crippen molar-refractivity contribution in [3.8, 4) is 11.3 Å². The van der Waals surface area contributed by atoms with Gasteiger partial charge in [-0.3, -0.25) is 14.6 Å². The van der Waals surface area contributed by atoms with Gasteiger partial charge >= 0.3 is 0 Å². The van der Waals surface area contributed by atoms with Crippen LogP contribution in [0.3, 0.4) is 0 Å². The highest BCUT2D eigenvalue weighted by Gasteiger charge is 2.43. The van der Waals surface area contributed by atoms with Gasteiger partial charge in [-0.15, -0.1) is 0 Å². The van der Waals surface area contributed by atoms with Gasteiger partial charge < -0.3 is 20.1 Å². The number of nitrogens with one attached hydrogen (secondary N) is 1. The van der Waals surface area contributed by atoms with Crippen molar-refractivity contribution in [3.05, 3.63) is 22.6 Å². The van der Waals surface area contributed by atoms with E-state index in [9.17, 15) is 13.6 Å². The largest absolute Gasteiger partial charge is 0.382 e. The number of rotatable bonds is 7. The van der Waals surface area contributed by atoms with E-state index < -0.39 is 5.92 Å². The molecule has 2 saturated heterocycles. The molecule has 0 amide bonds. The van der Waals surface area contributed by atoms with Crippen LogP contribution >= 0.6 is 0 Å². The number of likely N-dealkylation sites (tertiary alicyclic amines) is 1. The fraction of sp³-hybridized carbons (Fsp3) is 0.667. The van der Waals surface area contributed by atoms with E-state index in [1.807, 2.05) is 22.5 Å². The van der Waals surface area contributed by atoms with E-state index in [1.54, 1.807) is 0 Å². The van der Waals surface area contributed by atoms with E-state index in [2.05, 4.69) is 26.1 Å². The Bertz CT molecular complexity index is 1400. The van der Waals surface area contributed by atoms with E-state index in [0.717, 1.165) is 43.0 Å². The lowest BCUT2D eigenvalue weighted by atomic mass is 10.0. The Hall–Kier alpha value is -2.95. The van der Waals surface area contributed by atoms with Crippen LogP contribution in [0.15, 0.2) is 17.1 Å². The molecule has 204 valence electrons. The molecule has 2 aliphatic carbocycles. The van der Waals surface area contributed by atoms with Gasteiger partial charge in [0.15, 0.2) is 5.82 Å². The van der Waals surface area contributed by atoms with Crippen LogP contribution in [0.5, 0.6) is 0 Å². The molecule has 4 fully saturated rings. The van der Waals surface area contributed by atoms with Crippen molar-refractivity contribution in [3.63, 3.8) is 0 Å². The highest BCUT2D eigenvalue weighted by molar-refractivity contribution is 5.97. The summed E-state index contributed by atoms with van der Waals surface area (Å²) in [6, 6.07) is 2.56. The van der Waals surface area contributed by atoms with Crippen molar-refractivity contribution < 1.29 is 8.78 Å². The highest BCUT2D eigenvalue weighted by atomic mass is 19.3. The summed E-state index contributed by atoms with van der Waals surface area (Å²) in [6.45, 7) is 2.58. The number of piperidine rings is 1. The summed E-state index contributed by atoms with van der Waals surface area (Å²) in [5.74, 6) is -0.187. The predicted octanol–water partition coefficient (Wildman–Crippen LogP) is 3.77. The number of aromatic nitrogens is 5. The number of H-pyrrole nitrogens is 1. The molecule has 4 aliphatic rings. The number of alkyl halides is 2. The standard InChI is InChI=1S/C27H36F2N8O/c1-34-21(36-10-2-3-18(36)14-35-11-8-27(28,29)9-12-35)13-20(33-34)19-15-37(24(16-4-5-16)17-6-7-17)26(38)22-23(19)31-32-25(22)30/h13,15-18,24H,2-12,14H2,1H3,(H3,30,31,32)/t18-/m0/s1. The lowest BCUT2D eigenvalue weighted by molar-refractivity contribution is -0.0557. The van der Waals surface area contributed by atoms with Gasteiger partial charge in [-0.2, -0.15) is 10.2 Å². The molecule has 11 heteroatoms. The molecule has 0 aromatic carbocycles. The Labute approximate surface area is 220 Å². The van der Waals surface area contributed by atoms with E-state index in [-0.39, 0.29) is 36.3 Å². The predicted molar refractivity (Wildman–Crippen MR) is 142 cm³/mol. The van der Waals surface area contributed by atoms with E-state index in [4.69, 9.17) is 10.8 Å². The maximum absolute atomic E-state index is 13.7. The summed E-state index contributed by atoms with van der Waals surface area (Å²) < 4.78 is 31.2. The number of fused-ring (bicyclic) bond motifs is 1. The van der Waals surface area contributed by atoms with Crippen LogP contribution in [0.2, 0.25) is 0 Å². The van der Waals surface area contributed by atoms with Crippen LogP contribution in [-0.2, 0) is 7.05 Å². The lowest BCUT2D eigenvalue weighted by Crippen LogP contribution is -2.46. The zero-order valence-electron chi connectivity index (χ0n) is 21.9. The number of aromatic amines is 1. The van der Waals surface area contributed by atoms with Crippen molar-refractivity contribution in [1.82, 2.24) is 29.4 Å². The number of anilines is 2. The number of aryl methyl sites for hydroxylation is 1. The van der Waals surface area contributed by atoms with Crippen LogP contribution in [0, 0.1) is 11.8 Å². The van der Waals surface area contributed by atoms with Crippen molar-refractivity contribution in [2.24, 2.45) is 18.9 Å². The monoisotopic (exact) mass is 526 g/mol. The number of hydrogen-bond acceptors (Lipinski definition) is 6. The minimum absolute atomic E-state index is 0.0582. The van der Waals surface area contributed by atoms with Gasteiger partial charge in [0.05, 0.1) is 11.2 Å². The van der Waals surface area contributed by atoms with Crippen LogP contribution < -0.4 is 16.2 Å². The molecule has 9 nitrogen and oxygen atoms in total. The van der Waals surface area contributed by atoms with Crippen molar-refractivity contribution >= 4 is 22.5 Å². The van der Waals surface area contributed by atoms with Crippen molar-refractivity contribution in [1.29, 1.82) is 0 Å². The summed E-state index contributed by atoms with van der Waals surface area (Å²) in [4.78, 5) is 18.1. The average molecular weight is 527 g/mol. The fourth-order valence-corrected chi connectivity index (χ4v) is 6.83. The van der Waals surface area contributed by atoms with Crippen LogP contribution in [0.25, 0.3) is 22.2 Å². The second kappa shape index (κ2) is 8.79. The van der Waals surface area contributed by atoms with Gasteiger partial charge in [0.25, 0.3) is 11.5 Å². The summed E-state index contributed by atoms with van der Waals surface area (Å²) in [5, 5.41) is 12.5. The lowest BCUT2D eigenvalue weighted by Gasteiger charge is -2.36. The van der Waals surface area contributed by atoms with Crippen LogP contribution in [0.4, 0.5) is 20.4 Å². The molecule has 0 bridgehead atoms. The number of halogens is 2. The zero-order chi connectivity index (χ0) is 26.2. The van der Waals surface area contributed by atoms with Crippen molar-refractivity contribution in [2.75, 3.05) is 36.8 Å². The van der Waals surface area contributed by atoms with Crippen LogP contribution in [0.1, 0.15) is 57.4 Å². The summed E-state index contributed by atoms with van der Waals surface area (Å²) in [5.41, 5.74) is 8.37. The van der Waals surface area contributed by atoms with Crippen molar-refractivity contribution in [2.45, 2.75) is 69.4 Å². The summed E-state index contributed by atoms with van der Waals surface area (Å²) in [6.07, 6.45) is 8.62. The quantitative estimate of drug-likeness (QED) is 0.486. The Morgan fingerprint density at radius 1 is 1.13 bits per heavy atom. The molecule has 5 heterocycles. The first-order chi connectivity index (χ1) is 18.3. The molecular weight excluding hydrogens is 490 g/mol. The topological polar surface area (TPSA) is 101 Å². The first-order valence-electron chi connectivity index (χ1n) is 14.1. The molecular formula is C27H36F2N8O. The minimum atomic E-state index is -2.53. The average Bonchev–Trinajstić information content (AvgIpc) is 3.78. The SMILES string of the molecule is Cn1nc(-c2cn(C(C3CC3)C3CC3)c(=O)c3c(N)n[nH]c23)cc1N1CCC[C@H]1CN1CCC(F)(F)CC1. The van der Waals surface area contributed by atoms with Crippen LogP contribution in [-0.4, -0.2) is 67.6 Å². The Morgan fingerprint density at radius 3 is 2.53 bits per heavy atom. The minimum Gasteiger partial charge on any atom is -0.382 e. The number of nitrogen functional groups attached to an aromatic ring is 1. The molecule has 3 aromatic heterocycles. The molecule has 3 N–H and O–H groups in total. The summed E-state index contributed by atoms with van der Waals surface area (Å²) in [7, 11) is 1.95. The summed E-state index contributed by atoms with van der Waals surface area (Å²) >= 11 is 0. The molecule has 7 rings (SSSR count). The maximum Gasteiger partial charge on any atom is 0.264 e. The number of pyridine rings is 1. The van der Waals surface area contributed by atoms with E-state index >= 15 is 0 Å².